The first-order valence-corrected chi connectivity index (χ1v) is 9.01. The predicted octanol–water partition coefficient (Wildman–Crippen LogP) is 4.32. The van der Waals surface area contributed by atoms with Gasteiger partial charge in [-0.15, -0.1) is 0 Å². The zero-order valence-corrected chi connectivity index (χ0v) is 15.0. The minimum Gasteiger partial charge on any atom is -0.459 e. The fourth-order valence-electron chi connectivity index (χ4n) is 3.63. The quantitative estimate of drug-likeness (QED) is 0.572. The fraction of sp³-hybridized carbons (Fsp3) is 0.842. The zero-order chi connectivity index (χ0) is 16.3. The van der Waals surface area contributed by atoms with Gasteiger partial charge >= 0.3 is 5.97 Å². The molecular formula is C19H33NO2. The van der Waals surface area contributed by atoms with Crippen molar-refractivity contribution >= 4 is 5.97 Å². The summed E-state index contributed by atoms with van der Waals surface area (Å²) in [6.07, 6.45) is 9.91. The molecule has 1 fully saturated rings. The molecule has 0 bridgehead atoms. The Labute approximate surface area is 136 Å². The summed E-state index contributed by atoms with van der Waals surface area (Å²) >= 11 is 0. The molecule has 2 aliphatic rings. The molecule has 1 heterocycles. The maximum absolute atomic E-state index is 12.6. The smallest absolute Gasteiger partial charge is 0.327 e. The highest BCUT2D eigenvalue weighted by Gasteiger charge is 2.37. The Balaban J connectivity index is 2.13. The maximum Gasteiger partial charge on any atom is 0.327 e. The third-order valence-corrected chi connectivity index (χ3v) is 5.03. The molecule has 0 saturated heterocycles. The van der Waals surface area contributed by atoms with Gasteiger partial charge in [0, 0.05) is 12.6 Å². The van der Waals surface area contributed by atoms with E-state index >= 15 is 0 Å². The van der Waals surface area contributed by atoms with E-state index in [0.29, 0.717) is 12.0 Å². The molecule has 0 amide bonds. The molecule has 0 aromatic rings. The van der Waals surface area contributed by atoms with E-state index in [2.05, 4.69) is 24.8 Å². The molecule has 1 aliphatic carbocycles. The molecule has 2 atom stereocenters. The first-order valence-electron chi connectivity index (χ1n) is 9.01. The third kappa shape index (κ3) is 4.34. The Hall–Kier alpha value is -0.830. The highest BCUT2D eigenvalue weighted by molar-refractivity contribution is 5.79. The average Bonchev–Trinajstić information content (AvgIpc) is 2.91. The van der Waals surface area contributed by atoms with E-state index < -0.39 is 5.60 Å². The molecule has 0 aromatic carbocycles. The van der Waals surface area contributed by atoms with E-state index in [9.17, 15) is 4.79 Å². The number of nitrogens with zero attached hydrogens (tertiary/aromatic N) is 1. The molecule has 0 aromatic heterocycles. The number of carbonyl (C=O) groups excluding carboxylic acids is 1. The Bertz CT molecular complexity index is 416. The number of ether oxygens (including phenoxy) is 1. The molecule has 2 rings (SSSR count). The first kappa shape index (κ1) is 17.5. The van der Waals surface area contributed by atoms with Gasteiger partial charge in [-0.3, -0.25) is 4.90 Å². The number of hydrogen-bond acceptors (Lipinski definition) is 3. The summed E-state index contributed by atoms with van der Waals surface area (Å²) < 4.78 is 5.66. The number of hydrogen-bond donors (Lipinski definition) is 0. The number of rotatable bonds is 4. The van der Waals surface area contributed by atoms with Gasteiger partial charge in [-0.05, 0) is 52.9 Å². The Morgan fingerprint density at radius 2 is 1.95 bits per heavy atom. The second-order valence-electron chi connectivity index (χ2n) is 7.98. The topological polar surface area (TPSA) is 29.5 Å². The zero-order valence-electron chi connectivity index (χ0n) is 15.0. The van der Waals surface area contributed by atoms with Crippen LogP contribution >= 0.6 is 0 Å². The third-order valence-electron chi connectivity index (χ3n) is 5.03. The lowest BCUT2D eigenvalue weighted by atomic mass is 9.84. The summed E-state index contributed by atoms with van der Waals surface area (Å²) in [7, 11) is 0. The van der Waals surface area contributed by atoms with Crippen molar-refractivity contribution in [3.8, 4) is 0 Å². The van der Waals surface area contributed by atoms with Gasteiger partial charge in [0.25, 0.3) is 0 Å². The number of esters is 1. The Morgan fingerprint density at radius 3 is 2.50 bits per heavy atom. The van der Waals surface area contributed by atoms with E-state index in [1.54, 1.807) is 0 Å². The minimum atomic E-state index is -0.417. The molecule has 0 N–H and O–H groups in total. The van der Waals surface area contributed by atoms with Crippen LogP contribution in [-0.2, 0) is 9.53 Å². The normalized spacial score (nSPS) is 25.9. The van der Waals surface area contributed by atoms with Crippen molar-refractivity contribution in [3.63, 3.8) is 0 Å². The van der Waals surface area contributed by atoms with Crippen LogP contribution in [0.5, 0.6) is 0 Å². The summed E-state index contributed by atoms with van der Waals surface area (Å²) in [6.45, 7) is 11.2. The van der Waals surface area contributed by atoms with E-state index in [0.717, 1.165) is 13.0 Å². The van der Waals surface area contributed by atoms with E-state index in [4.69, 9.17) is 4.74 Å². The van der Waals surface area contributed by atoms with Crippen LogP contribution < -0.4 is 0 Å². The van der Waals surface area contributed by atoms with Crippen molar-refractivity contribution in [2.24, 2.45) is 5.92 Å². The molecule has 22 heavy (non-hydrogen) atoms. The lowest BCUT2D eigenvalue weighted by Gasteiger charge is -2.31. The van der Waals surface area contributed by atoms with E-state index in [1.807, 2.05) is 20.8 Å². The lowest BCUT2D eigenvalue weighted by molar-refractivity contribution is -0.159. The molecule has 1 unspecified atom stereocenters. The second-order valence-corrected chi connectivity index (χ2v) is 7.98. The summed E-state index contributed by atoms with van der Waals surface area (Å²) in [4.78, 5) is 14.9. The summed E-state index contributed by atoms with van der Waals surface area (Å²) in [5, 5.41) is 0. The molecule has 1 aliphatic heterocycles. The monoisotopic (exact) mass is 307 g/mol. The molecule has 3 heteroatoms. The highest BCUT2D eigenvalue weighted by Crippen LogP contribution is 2.35. The van der Waals surface area contributed by atoms with Crippen LogP contribution in [0.15, 0.2) is 11.6 Å². The number of carbonyl (C=O) groups is 1. The van der Waals surface area contributed by atoms with Crippen molar-refractivity contribution in [2.45, 2.75) is 90.8 Å². The van der Waals surface area contributed by atoms with Crippen molar-refractivity contribution in [3.05, 3.63) is 11.6 Å². The van der Waals surface area contributed by atoms with Crippen molar-refractivity contribution < 1.29 is 9.53 Å². The second kappa shape index (κ2) is 7.16. The molecule has 0 radical (unpaired) electrons. The molecule has 1 saturated carbocycles. The van der Waals surface area contributed by atoms with Gasteiger partial charge < -0.3 is 4.74 Å². The standard InChI is InChI=1S/C19H33NO2/c1-6-14(2)20-13-16(15-10-8-7-9-11-15)12-17(20)18(21)22-19(3,4)5/h12,14-15,17H,6-11,13H2,1-5H3/t14?,17-/m0/s1. The molecule has 3 nitrogen and oxygen atoms in total. The van der Waals surface area contributed by atoms with Crippen molar-refractivity contribution in [2.75, 3.05) is 6.54 Å². The summed E-state index contributed by atoms with van der Waals surface area (Å²) in [6, 6.07) is 0.223. The van der Waals surface area contributed by atoms with Crippen LogP contribution in [0.3, 0.4) is 0 Å². The SMILES string of the molecule is CCC(C)N1CC(C2CCCCC2)=C[C@H]1C(=O)OC(C)(C)C. The van der Waals surface area contributed by atoms with Crippen molar-refractivity contribution in [1.82, 2.24) is 4.90 Å². The Morgan fingerprint density at radius 1 is 1.32 bits per heavy atom. The van der Waals surface area contributed by atoms with Gasteiger partial charge in [0.2, 0.25) is 0 Å². The maximum atomic E-state index is 12.6. The predicted molar refractivity (Wildman–Crippen MR) is 90.8 cm³/mol. The fourth-order valence-corrected chi connectivity index (χ4v) is 3.63. The van der Waals surface area contributed by atoms with Crippen LogP contribution in [0.2, 0.25) is 0 Å². The molecule has 126 valence electrons. The van der Waals surface area contributed by atoms with Gasteiger partial charge in [-0.2, -0.15) is 0 Å². The van der Waals surface area contributed by atoms with Gasteiger partial charge in [-0.1, -0.05) is 37.8 Å². The summed E-state index contributed by atoms with van der Waals surface area (Å²) in [5.74, 6) is 0.603. The summed E-state index contributed by atoms with van der Waals surface area (Å²) in [5.41, 5.74) is 1.07. The molecule has 0 spiro atoms. The van der Waals surface area contributed by atoms with Crippen molar-refractivity contribution in [1.29, 1.82) is 0 Å². The van der Waals surface area contributed by atoms with Crippen LogP contribution in [0.4, 0.5) is 0 Å². The van der Waals surface area contributed by atoms with E-state index in [1.165, 1.54) is 37.7 Å². The Kier molecular flexibility index (Phi) is 5.70. The minimum absolute atomic E-state index is 0.0846. The van der Waals surface area contributed by atoms with E-state index in [-0.39, 0.29) is 12.0 Å². The highest BCUT2D eigenvalue weighted by atomic mass is 16.6. The van der Waals surface area contributed by atoms with Gasteiger partial charge in [0.15, 0.2) is 0 Å². The lowest BCUT2D eigenvalue weighted by Crippen LogP contribution is -2.45. The van der Waals surface area contributed by atoms with Crippen LogP contribution in [-0.4, -0.2) is 35.1 Å². The first-order chi connectivity index (χ1) is 10.3. The van der Waals surface area contributed by atoms with Gasteiger partial charge in [0.1, 0.15) is 11.6 Å². The van der Waals surface area contributed by atoms with Gasteiger partial charge in [0.05, 0.1) is 0 Å². The average molecular weight is 307 g/mol. The van der Waals surface area contributed by atoms with Gasteiger partial charge in [-0.25, -0.2) is 4.79 Å². The largest absolute Gasteiger partial charge is 0.459 e. The molecular weight excluding hydrogens is 274 g/mol. The van der Waals surface area contributed by atoms with Crippen LogP contribution in [0.1, 0.15) is 73.1 Å². The van der Waals surface area contributed by atoms with Crippen LogP contribution in [0.25, 0.3) is 0 Å². The van der Waals surface area contributed by atoms with Crippen LogP contribution in [0, 0.1) is 5.92 Å².